The van der Waals surface area contributed by atoms with Crippen molar-refractivity contribution in [2.24, 2.45) is 0 Å². The number of hydrogen-bond donors (Lipinski definition) is 0. The highest BCUT2D eigenvalue weighted by Gasteiger charge is 2.17. The molecule has 0 saturated carbocycles. The molecule has 0 bridgehead atoms. The molecule has 102 valence electrons. The number of carbonyl (C=O) groups is 1. The van der Waals surface area contributed by atoms with Gasteiger partial charge in [-0.2, -0.15) is 0 Å². The van der Waals surface area contributed by atoms with Gasteiger partial charge in [-0.15, -0.1) is 13.2 Å². The van der Waals surface area contributed by atoms with E-state index < -0.39 is 0 Å². The molecule has 1 aromatic heterocycles. The summed E-state index contributed by atoms with van der Waals surface area (Å²) in [6.45, 7) is 8.26. The smallest absolute Gasteiger partial charge is 0.256 e. The molecule has 0 radical (unpaired) electrons. The fourth-order valence-corrected chi connectivity index (χ4v) is 2.26. The van der Waals surface area contributed by atoms with E-state index in [9.17, 15) is 4.79 Å². The average Bonchev–Trinajstić information content (AvgIpc) is 2.47. The third kappa shape index (κ3) is 2.73. The lowest BCUT2D eigenvalue weighted by molar-refractivity contribution is 0.0792. The predicted molar refractivity (Wildman–Crippen MR) is 83.1 cm³/mol. The Morgan fingerprint density at radius 1 is 1.20 bits per heavy atom. The summed E-state index contributed by atoms with van der Waals surface area (Å²) < 4.78 is 0. The molecule has 1 heterocycles. The Labute approximate surface area is 123 Å². The number of hydrogen-bond acceptors (Lipinski definition) is 2. The minimum atomic E-state index is -0.106. The van der Waals surface area contributed by atoms with Crippen molar-refractivity contribution >= 4 is 28.3 Å². The van der Waals surface area contributed by atoms with Crippen LogP contribution in [-0.2, 0) is 0 Å². The van der Waals surface area contributed by atoms with Crippen LogP contribution in [0.4, 0.5) is 0 Å². The molecule has 0 atom stereocenters. The molecule has 4 heteroatoms. The van der Waals surface area contributed by atoms with Crippen LogP contribution in [0.2, 0.25) is 5.15 Å². The molecule has 0 aliphatic heterocycles. The maximum Gasteiger partial charge on any atom is 0.256 e. The third-order valence-corrected chi connectivity index (χ3v) is 3.26. The van der Waals surface area contributed by atoms with Crippen molar-refractivity contribution in [1.82, 2.24) is 9.88 Å². The molecular weight excluding hydrogens is 272 g/mol. The van der Waals surface area contributed by atoms with Gasteiger partial charge >= 0.3 is 0 Å². The summed E-state index contributed by atoms with van der Waals surface area (Å²) in [7, 11) is 0. The largest absolute Gasteiger partial charge is 0.331 e. The number of rotatable bonds is 5. The summed E-state index contributed by atoms with van der Waals surface area (Å²) in [6.07, 6.45) is 4.89. The fraction of sp³-hybridized carbons (Fsp3) is 0.125. The van der Waals surface area contributed by atoms with Gasteiger partial charge in [0.15, 0.2) is 0 Å². The molecule has 2 aromatic rings. The van der Waals surface area contributed by atoms with Crippen molar-refractivity contribution in [3.05, 3.63) is 66.5 Å². The Bertz CT molecular complexity index is 657. The van der Waals surface area contributed by atoms with E-state index >= 15 is 0 Å². The monoisotopic (exact) mass is 286 g/mol. The van der Waals surface area contributed by atoms with Gasteiger partial charge in [0.1, 0.15) is 5.15 Å². The van der Waals surface area contributed by atoms with Crippen LogP contribution in [0.15, 0.2) is 55.8 Å². The molecule has 2 rings (SSSR count). The lowest BCUT2D eigenvalue weighted by Gasteiger charge is -2.20. The molecule has 0 spiro atoms. The minimum absolute atomic E-state index is 0.106. The highest BCUT2D eigenvalue weighted by atomic mass is 35.5. The van der Waals surface area contributed by atoms with Crippen LogP contribution >= 0.6 is 11.6 Å². The van der Waals surface area contributed by atoms with Crippen molar-refractivity contribution in [1.29, 1.82) is 0 Å². The minimum Gasteiger partial charge on any atom is -0.331 e. The SMILES string of the molecule is C=CCN(CC=C)C(=O)c1cnc(Cl)c2ccccc12. The quantitative estimate of drug-likeness (QED) is 0.620. The van der Waals surface area contributed by atoms with Gasteiger partial charge in [0.2, 0.25) is 0 Å². The Hall–Kier alpha value is -2.13. The van der Waals surface area contributed by atoms with Crippen molar-refractivity contribution in [3.8, 4) is 0 Å². The van der Waals surface area contributed by atoms with Gasteiger partial charge in [0, 0.05) is 24.7 Å². The van der Waals surface area contributed by atoms with Gasteiger partial charge < -0.3 is 4.90 Å². The van der Waals surface area contributed by atoms with Gasteiger partial charge in [0.05, 0.1) is 5.56 Å². The highest BCUT2D eigenvalue weighted by molar-refractivity contribution is 6.34. The zero-order valence-corrected chi connectivity index (χ0v) is 11.8. The van der Waals surface area contributed by atoms with Gasteiger partial charge in [-0.1, -0.05) is 48.0 Å². The number of nitrogens with zero attached hydrogens (tertiary/aromatic N) is 2. The summed E-state index contributed by atoms with van der Waals surface area (Å²) in [5, 5.41) is 1.98. The van der Waals surface area contributed by atoms with Gasteiger partial charge in [-0.3, -0.25) is 4.79 Å². The van der Waals surface area contributed by atoms with E-state index in [0.29, 0.717) is 23.8 Å². The number of carbonyl (C=O) groups excluding carboxylic acids is 1. The second kappa shape index (κ2) is 6.35. The maximum absolute atomic E-state index is 12.6. The maximum atomic E-state index is 12.6. The summed E-state index contributed by atoms with van der Waals surface area (Å²) in [4.78, 5) is 18.3. The third-order valence-electron chi connectivity index (χ3n) is 2.96. The van der Waals surface area contributed by atoms with Crippen molar-refractivity contribution in [3.63, 3.8) is 0 Å². The lowest BCUT2D eigenvalue weighted by Crippen LogP contribution is -2.31. The molecule has 3 nitrogen and oxygen atoms in total. The van der Waals surface area contributed by atoms with Crippen molar-refractivity contribution in [2.45, 2.75) is 0 Å². The number of aromatic nitrogens is 1. The lowest BCUT2D eigenvalue weighted by atomic mass is 10.1. The Balaban J connectivity index is 2.51. The van der Waals surface area contributed by atoms with E-state index in [-0.39, 0.29) is 5.91 Å². The zero-order valence-electron chi connectivity index (χ0n) is 11.1. The van der Waals surface area contributed by atoms with Crippen molar-refractivity contribution < 1.29 is 4.79 Å². The molecule has 1 amide bonds. The molecule has 0 aliphatic carbocycles. The van der Waals surface area contributed by atoms with Gasteiger partial charge in [0.25, 0.3) is 5.91 Å². The summed E-state index contributed by atoms with van der Waals surface area (Å²) in [5.41, 5.74) is 0.536. The normalized spacial score (nSPS) is 10.2. The number of pyridine rings is 1. The average molecular weight is 287 g/mol. The summed E-state index contributed by atoms with van der Waals surface area (Å²) >= 11 is 6.07. The number of benzene rings is 1. The number of halogens is 1. The number of amides is 1. The first-order valence-electron chi connectivity index (χ1n) is 6.23. The van der Waals surface area contributed by atoms with Gasteiger partial charge in [-0.05, 0) is 5.39 Å². The highest BCUT2D eigenvalue weighted by Crippen LogP contribution is 2.25. The molecule has 0 saturated heterocycles. The second-order valence-electron chi connectivity index (χ2n) is 4.30. The van der Waals surface area contributed by atoms with E-state index in [1.807, 2.05) is 24.3 Å². The summed E-state index contributed by atoms with van der Waals surface area (Å²) in [6, 6.07) is 7.47. The van der Waals surface area contributed by atoms with Crippen LogP contribution in [0.25, 0.3) is 10.8 Å². The Morgan fingerprint density at radius 2 is 1.80 bits per heavy atom. The number of fused-ring (bicyclic) bond motifs is 1. The topological polar surface area (TPSA) is 33.2 Å². The molecule has 20 heavy (non-hydrogen) atoms. The molecule has 0 aliphatic rings. The zero-order chi connectivity index (χ0) is 14.5. The van der Waals surface area contributed by atoms with Crippen LogP contribution in [-0.4, -0.2) is 28.9 Å². The second-order valence-corrected chi connectivity index (χ2v) is 4.65. The van der Waals surface area contributed by atoms with Gasteiger partial charge in [-0.25, -0.2) is 4.98 Å². The first-order valence-corrected chi connectivity index (χ1v) is 6.61. The Morgan fingerprint density at radius 3 is 2.40 bits per heavy atom. The van der Waals surface area contributed by atoms with Crippen LogP contribution in [0, 0.1) is 0 Å². The fourth-order valence-electron chi connectivity index (χ4n) is 2.05. The summed E-state index contributed by atoms with van der Waals surface area (Å²) in [5.74, 6) is -0.106. The molecular formula is C16H15ClN2O. The van der Waals surface area contributed by atoms with Crippen LogP contribution in [0.3, 0.4) is 0 Å². The van der Waals surface area contributed by atoms with E-state index in [0.717, 1.165) is 10.8 Å². The van der Waals surface area contributed by atoms with Crippen LogP contribution < -0.4 is 0 Å². The first kappa shape index (κ1) is 14.3. The van der Waals surface area contributed by atoms with Crippen LogP contribution in [0.1, 0.15) is 10.4 Å². The molecule has 0 unspecified atom stereocenters. The van der Waals surface area contributed by atoms with E-state index in [1.165, 1.54) is 6.20 Å². The van der Waals surface area contributed by atoms with Crippen molar-refractivity contribution in [2.75, 3.05) is 13.1 Å². The first-order chi connectivity index (χ1) is 9.69. The van der Waals surface area contributed by atoms with E-state index in [4.69, 9.17) is 11.6 Å². The standard InChI is InChI=1S/C16H15ClN2O/c1-3-9-19(10-4-2)16(20)14-11-18-15(17)13-8-6-5-7-12(13)14/h3-8,11H,1-2,9-10H2. The Kier molecular flexibility index (Phi) is 4.53. The molecule has 0 N–H and O–H groups in total. The van der Waals surface area contributed by atoms with E-state index in [1.54, 1.807) is 17.1 Å². The molecule has 0 fully saturated rings. The van der Waals surface area contributed by atoms with Crippen LogP contribution in [0.5, 0.6) is 0 Å². The van der Waals surface area contributed by atoms with E-state index in [2.05, 4.69) is 18.1 Å². The molecule has 1 aromatic carbocycles. The predicted octanol–water partition coefficient (Wildman–Crippen LogP) is 3.70.